The summed E-state index contributed by atoms with van der Waals surface area (Å²) in [7, 11) is 3.08. The molecule has 0 radical (unpaired) electrons. The molecular weight excluding hydrogens is 368 g/mol. The zero-order valence-corrected chi connectivity index (χ0v) is 16.0. The van der Waals surface area contributed by atoms with E-state index in [0.717, 1.165) is 12.8 Å². The van der Waals surface area contributed by atoms with Crippen LogP contribution in [0, 0.1) is 4.77 Å². The average molecular weight is 390 g/mol. The lowest BCUT2D eigenvalue weighted by Gasteiger charge is -2.34. The maximum absolute atomic E-state index is 12.5. The predicted molar refractivity (Wildman–Crippen MR) is 104 cm³/mol. The lowest BCUT2D eigenvalue weighted by Crippen LogP contribution is -2.55. The van der Waals surface area contributed by atoms with E-state index in [1.54, 1.807) is 29.9 Å². The van der Waals surface area contributed by atoms with Crippen molar-refractivity contribution in [2.75, 3.05) is 14.2 Å². The van der Waals surface area contributed by atoms with Crippen molar-refractivity contribution in [1.82, 2.24) is 14.9 Å². The highest BCUT2D eigenvalue weighted by molar-refractivity contribution is 7.71. The number of H-pyrrole nitrogens is 1. The minimum Gasteiger partial charge on any atom is -0.497 e. The van der Waals surface area contributed by atoms with Crippen molar-refractivity contribution in [2.45, 2.75) is 31.5 Å². The van der Waals surface area contributed by atoms with Crippen molar-refractivity contribution in [2.24, 2.45) is 5.73 Å². The summed E-state index contributed by atoms with van der Waals surface area (Å²) in [4.78, 5) is 27.0. The molecule has 1 aliphatic rings. The SMILES string of the molecule is COc1ccc(-c2cc(=O)[nH]c(=S)n2CC(=O)N[C@@H]2CC[C@H]2N)c(OC)c1. The number of aromatic amines is 1. The number of amides is 1. The fraction of sp³-hybridized carbons (Fsp3) is 0.389. The van der Waals surface area contributed by atoms with E-state index < -0.39 is 0 Å². The number of nitrogens with zero attached hydrogens (tertiary/aromatic N) is 1. The Hall–Kier alpha value is -2.65. The van der Waals surface area contributed by atoms with E-state index in [1.165, 1.54) is 13.2 Å². The van der Waals surface area contributed by atoms with Crippen LogP contribution in [0.25, 0.3) is 11.3 Å². The van der Waals surface area contributed by atoms with Crippen LogP contribution >= 0.6 is 12.2 Å². The van der Waals surface area contributed by atoms with E-state index in [2.05, 4.69) is 10.3 Å². The zero-order chi connectivity index (χ0) is 19.6. The number of rotatable bonds is 6. The van der Waals surface area contributed by atoms with Crippen LogP contribution in [0.1, 0.15) is 12.8 Å². The highest BCUT2D eigenvalue weighted by Gasteiger charge is 2.28. The Labute approximate surface area is 161 Å². The van der Waals surface area contributed by atoms with Crippen LogP contribution in [-0.2, 0) is 11.3 Å². The van der Waals surface area contributed by atoms with E-state index in [1.807, 2.05) is 0 Å². The number of nitrogens with one attached hydrogen (secondary N) is 2. The molecule has 2 atom stereocenters. The number of nitrogens with two attached hydrogens (primary N) is 1. The van der Waals surface area contributed by atoms with Gasteiger partial charge in [0.15, 0.2) is 4.77 Å². The smallest absolute Gasteiger partial charge is 0.252 e. The standard InChI is InChI=1S/C18H22N4O4S/c1-25-10-3-4-11(15(7-10)26-2)14-8-16(23)21-18(27)22(14)9-17(24)20-13-6-5-12(13)19/h3-4,7-8,12-13H,5-6,9,19H2,1-2H3,(H,20,24)(H,21,23,27)/t12-,13-/m1/s1. The molecule has 0 spiro atoms. The number of carbonyl (C=O) groups excluding carboxylic acids is 1. The highest BCUT2D eigenvalue weighted by Crippen LogP contribution is 2.32. The van der Waals surface area contributed by atoms with Crippen LogP contribution in [0.5, 0.6) is 11.5 Å². The first-order chi connectivity index (χ1) is 12.9. The van der Waals surface area contributed by atoms with Crippen molar-refractivity contribution >= 4 is 18.1 Å². The molecule has 27 heavy (non-hydrogen) atoms. The van der Waals surface area contributed by atoms with Gasteiger partial charge in [-0.05, 0) is 37.2 Å². The van der Waals surface area contributed by atoms with Crippen LogP contribution in [-0.4, -0.2) is 41.8 Å². The van der Waals surface area contributed by atoms with Gasteiger partial charge in [-0.3, -0.25) is 14.6 Å². The number of hydrogen-bond donors (Lipinski definition) is 3. The lowest BCUT2D eigenvalue weighted by atomic mass is 9.87. The van der Waals surface area contributed by atoms with Crippen LogP contribution in [0.3, 0.4) is 0 Å². The molecule has 1 aromatic heterocycles. The molecule has 0 unspecified atom stereocenters. The van der Waals surface area contributed by atoms with Crippen LogP contribution < -0.4 is 26.1 Å². The normalized spacial score (nSPS) is 18.5. The topological polar surface area (TPSA) is 111 Å². The van der Waals surface area contributed by atoms with Gasteiger partial charge in [0.05, 0.1) is 19.9 Å². The molecule has 4 N–H and O–H groups in total. The van der Waals surface area contributed by atoms with Crippen LogP contribution in [0.15, 0.2) is 29.1 Å². The van der Waals surface area contributed by atoms with E-state index in [0.29, 0.717) is 22.8 Å². The summed E-state index contributed by atoms with van der Waals surface area (Å²) in [6.07, 6.45) is 1.76. The molecule has 1 heterocycles. The quantitative estimate of drug-likeness (QED) is 0.639. The predicted octanol–water partition coefficient (Wildman–Crippen LogP) is 1.20. The third-order valence-electron chi connectivity index (χ3n) is 4.69. The Morgan fingerprint density at radius 2 is 2.11 bits per heavy atom. The Morgan fingerprint density at radius 3 is 2.70 bits per heavy atom. The molecule has 1 aromatic carbocycles. The van der Waals surface area contributed by atoms with Gasteiger partial charge in [-0.2, -0.15) is 0 Å². The second-order valence-electron chi connectivity index (χ2n) is 6.39. The summed E-state index contributed by atoms with van der Waals surface area (Å²) in [6.45, 7) is -0.0383. The first kappa shape index (κ1) is 19.1. The van der Waals surface area contributed by atoms with Gasteiger partial charge in [-0.1, -0.05) is 0 Å². The van der Waals surface area contributed by atoms with Gasteiger partial charge in [0.25, 0.3) is 5.56 Å². The number of methoxy groups -OCH3 is 2. The Bertz CT molecular complexity index is 969. The number of aromatic nitrogens is 2. The number of benzene rings is 1. The first-order valence-electron chi connectivity index (χ1n) is 8.54. The molecule has 3 rings (SSSR count). The highest BCUT2D eigenvalue weighted by atomic mass is 32.1. The van der Waals surface area contributed by atoms with E-state index >= 15 is 0 Å². The number of carbonyl (C=O) groups is 1. The molecule has 9 heteroatoms. The van der Waals surface area contributed by atoms with Gasteiger partial charge in [0.2, 0.25) is 5.91 Å². The van der Waals surface area contributed by atoms with Gasteiger partial charge in [-0.15, -0.1) is 0 Å². The minimum atomic E-state index is -0.356. The lowest BCUT2D eigenvalue weighted by molar-refractivity contribution is -0.123. The molecule has 1 aliphatic carbocycles. The van der Waals surface area contributed by atoms with Crippen molar-refractivity contribution in [1.29, 1.82) is 0 Å². The number of ether oxygens (including phenoxy) is 2. The Balaban J connectivity index is 1.99. The molecular formula is C18H22N4O4S. The molecule has 8 nitrogen and oxygen atoms in total. The fourth-order valence-corrected chi connectivity index (χ4v) is 3.28. The van der Waals surface area contributed by atoms with Gasteiger partial charge < -0.3 is 25.1 Å². The molecule has 2 aromatic rings. The fourth-order valence-electron chi connectivity index (χ4n) is 3.01. The molecule has 0 aliphatic heterocycles. The maximum atomic E-state index is 12.5. The summed E-state index contributed by atoms with van der Waals surface area (Å²) in [5.74, 6) is 0.902. The second kappa shape index (κ2) is 7.93. The van der Waals surface area contributed by atoms with Crippen molar-refractivity contribution in [3.05, 3.63) is 39.4 Å². The number of hydrogen-bond acceptors (Lipinski definition) is 6. The van der Waals surface area contributed by atoms with Crippen molar-refractivity contribution in [3.63, 3.8) is 0 Å². The monoisotopic (exact) mass is 390 g/mol. The van der Waals surface area contributed by atoms with Gasteiger partial charge in [0.1, 0.15) is 18.0 Å². The first-order valence-corrected chi connectivity index (χ1v) is 8.95. The molecule has 144 valence electrons. The van der Waals surface area contributed by atoms with Gasteiger partial charge in [0, 0.05) is 29.8 Å². The Morgan fingerprint density at radius 1 is 1.33 bits per heavy atom. The second-order valence-corrected chi connectivity index (χ2v) is 6.78. The summed E-state index contributed by atoms with van der Waals surface area (Å²) in [5.41, 5.74) is 6.64. The van der Waals surface area contributed by atoms with Crippen LogP contribution in [0.2, 0.25) is 0 Å². The summed E-state index contributed by atoms with van der Waals surface area (Å²) >= 11 is 5.29. The summed E-state index contributed by atoms with van der Waals surface area (Å²) in [6, 6.07) is 6.57. The van der Waals surface area contributed by atoms with Crippen LogP contribution in [0.4, 0.5) is 0 Å². The van der Waals surface area contributed by atoms with E-state index in [9.17, 15) is 9.59 Å². The molecule has 1 fully saturated rings. The largest absolute Gasteiger partial charge is 0.497 e. The third-order valence-corrected chi connectivity index (χ3v) is 5.02. The average Bonchev–Trinajstić information content (AvgIpc) is 2.66. The molecule has 0 bridgehead atoms. The van der Waals surface area contributed by atoms with E-state index in [4.69, 9.17) is 27.4 Å². The molecule has 1 amide bonds. The molecule has 1 saturated carbocycles. The summed E-state index contributed by atoms with van der Waals surface area (Å²) in [5, 5.41) is 2.91. The third kappa shape index (κ3) is 4.04. The van der Waals surface area contributed by atoms with Gasteiger partial charge >= 0.3 is 0 Å². The molecule has 0 saturated heterocycles. The van der Waals surface area contributed by atoms with E-state index in [-0.39, 0.29) is 34.9 Å². The van der Waals surface area contributed by atoms with Crippen molar-refractivity contribution < 1.29 is 14.3 Å². The zero-order valence-electron chi connectivity index (χ0n) is 15.2. The summed E-state index contributed by atoms with van der Waals surface area (Å²) < 4.78 is 12.4. The Kier molecular flexibility index (Phi) is 5.62. The minimum absolute atomic E-state index is 0.0151. The van der Waals surface area contributed by atoms with Crippen molar-refractivity contribution in [3.8, 4) is 22.8 Å². The maximum Gasteiger partial charge on any atom is 0.252 e. The van der Waals surface area contributed by atoms with Gasteiger partial charge in [-0.25, -0.2) is 0 Å².